The van der Waals surface area contributed by atoms with E-state index in [4.69, 9.17) is 0 Å². The van der Waals surface area contributed by atoms with Gasteiger partial charge in [-0.1, -0.05) is 6.07 Å². The third-order valence-electron chi connectivity index (χ3n) is 1.10. The van der Waals surface area contributed by atoms with Crippen LogP contribution in [-0.2, 0) is 0 Å². The molecular weight excluding hydrogens is 259 g/mol. The van der Waals surface area contributed by atoms with Gasteiger partial charge in [-0.25, -0.2) is 0 Å². The molecule has 0 atom stereocenters. The van der Waals surface area contributed by atoms with E-state index in [9.17, 15) is 9.59 Å². The third-order valence-corrected chi connectivity index (χ3v) is 1.59. The van der Waals surface area contributed by atoms with Crippen LogP contribution in [0.5, 0.6) is 0 Å². The van der Waals surface area contributed by atoms with Gasteiger partial charge in [0.2, 0.25) is 5.56 Å². The van der Waals surface area contributed by atoms with E-state index in [1.807, 2.05) is 0 Å². The van der Waals surface area contributed by atoms with Crippen LogP contribution in [0.25, 0.3) is 0 Å². The van der Waals surface area contributed by atoms with Gasteiger partial charge in [-0.2, -0.15) is 0 Å². The van der Waals surface area contributed by atoms with E-state index in [2.05, 4.69) is 8.51 Å². The quantitative estimate of drug-likeness (QED) is 0.571. The number of hydrogen-bond donors (Lipinski definition) is 2. The van der Waals surface area contributed by atoms with Gasteiger partial charge in [0.05, 0.1) is 22.9 Å². The molecule has 1 aromatic rings. The van der Waals surface area contributed by atoms with Crippen molar-refractivity contribution in [2.75, 3.05) is 0 Å². The zero-order valence-corrected chi connectivity index (χ0v) is 7.58. The lowest BCUT2D eigenvalue weighted by Gasteiger charge is -1.94. The number of pyridine rings is 1. The summed E-state index contributed by atoms with van der Waals surface area (Å²) >= 11 is 1.71. The predicted octanol–water partition coefficient (Wildman–Crippen LogP) is 0.455. The summed E-state index contributed by atoms with van der Waals surface area (Å²) in [6, 6.07) is 4.42. The number of amides is 1. The average Bonchev–Trinajstić information content (AvgIpc) is 2.03. The number of H-pyrrole nitrogens is 1. The van der Waals surface area contributed by atoms with Crippen LogP contribution < -0.4 is 9.09 Å². The highest BCUT2D eigenvalue weighted by atomic mass is 127. The lowest BCUT2D eigenvalue weighted by Crippen LogP contribution is -2.17. The highest BCUT2D eigenvalue weighted by molar-refractivity contribution is 14.1. The van der Waals surface area contributed by atoms with Crippen LogP contribution in [0.4, 0.5) is 0 Å². The normalized spacial score (nSPS) is 9.18. The molecule has 0 aliphatic rings. The van der Waals surface area contributed by atoms with E-state index in [1.54, 1.807) is 22.9 Å². The first-order valence-electron chi connectivity index (χ1n) is 2.84. The first-order chi connectivity index (χ1) is 5.24. The maximum absolute atomic E-state index is 10.9. The van der Waals surface area contributed by atoms with E-state index in [-0.39, 0.29) is 17.2 Å². The zero-order valence-electron chi connectivity index (χ0n) is 5.43. The summed E-state index contributed by atoms with van der Waals surface area (Å²) in [5.74, 6) is -0.302. The molecule has 0 unspecified atom stereocenters. The summed E-state index contributed by atoms with van der Waals surface area (Å²) < 4.78 is 2.37. The minimum Gasteiger partial charge on any atom is -0.318 e. The number of nitrogens with one attached hydrogen (secondary N) is 2. The van der Waals surface area contributed by atoms with E-state index >= 15 is 0 Å². The Kier molecular flexibility index (Phi) is 2.64. The van der Waals surface area contributed by atoms with Crippen molar-refractivity contribution in [2.24, 2.45) is 0 Å². The maximum atomic E-state index is 10.9. The highest BCUT2D eigenvalue weighted by Gasteiger charge is 2.01. The van der Waals surface area contributed by atoms with Gasteiger partial charge in [0, 0.05) is 6.07 Å². The number of rotatable bonds is 1. The highest BCUT2D eigenvalue weighted by Crippen LogP contribution is 1.90. The number of aromatic nitrogens is 1. The van der Waals surface area contributed by atoms with Crippen molar-refractivity contribution in [2.45, 2.75) is 0 Å². The van der Waals surface area contributed by atoms with Crippen LogP contribution >= 0.6 is 22.9 Å². The molecule has 0 saturated heterocycles. The Morgan fingerprint density at radius 2 is 2.27 bits per heavy atom. The summed E-state index contributed by atoms with van der Waals surface area (Å²) in [7, 11) is 0. The number of hydrogen-bond acceptors (Lipinski definition) is 2. The molecule has 0 aromatic carbocycles. The first-order valence-corrected chi connectivity index (χ1v) is 3.92. The number of halogens is 1. The summed E-state index contributed by atoms with van der Waals surface area (Å²) in [6.07, 6.45) is 0. The van der Waals surface area contributed by atoms with Crippen molar-refractivity contribution in [3.05, 3.63) is 34.2 Å². The molecule has 0 aliphatic carbocycles. The van der Waals surface area contributed by atoms with E-state index in [0.29, 0.717) is 0 Å². The predicted molar refractivity (Wildman–Crippen MR) is 48.5 cm³/mol. The monoisotopic (exact) mass is 264 g/mol. The zero-order chi connectivity index (χ0) is 8.27. The SMILES string of the molecule is O=C(NI)c1cccc(=O)[nH]1. The molecule has 0 aliphatic heterocycles. The lowest BCUT2D eigenvalue weighted by atomic mass is 10.3. The van der Waals surface area contributed by atoms with Crippen molar-refractivity contribution in [3.63, 3.8) is 0 Å². The second kappa shape index (κ2) is 3.51. The molecule has 0 bridgehead atoms. The largest absolute Gasteiger partial charge is 0.318 e. The smallest absolute Gasteiger partial charge is 0.276 e. The van der Waals surface area contributed by atoms with Gasteiger partial charge < -0.3 is 4.98 Å². The molecule has 58 valence electrons. The van der Waals surface area contributed by atoms with Crippen LogP contribution in [0.2, 0.25) is 0 Å². The van der Waals surface area contributed by atoms with Gasteiger partial charge in [0.25, 0.3) is 5.91 Å². The molecular formula is C6H5IN2O2. The topological polar surface area (TPSA) is 62.0 Å². The van der Waals surface area contributed by atoms with Crippen molar-refractivity contribution in [3.8, 4) is 0 Å². The molecule has 0 spiro atoms. The van der Waals surface area contributed by atoms with Crippen molar-refractivity contribution in [1.29, 1.82) is 0 Å². The lowest BCUT2D eigenvalue weighted by molar-refractivity contribution is 0.0984. The molecule has 2 N–H and O–H groups in total. The van der Waals surface area contributed by atoms with E-state index in [0.717, 1.165) is 0 Å². The van der Waals surface area contributed by atoms with Gasteiger partial charge >= 0.3 is 0 Å². The molecule has 1 heterocycles. The molecule has 0 radical (unpaired) electrons. The third kappa shape index (κ3) is 2.04. The molecule has 0 fully saturated rings. The number of carbonyl (C=O) groups excluding carboxylic acids is 1. The molecule has 1 amide bonds. The maximum Gasteiger partial charge on any atom is 0.276 e. The minimum absolute atomic E-state index is 0.270. The molecule has 11 heavy (non-hydrogen) atoms. The Morgan fingerprint density at radius 1 is 1.55 bits per heavy atom. The van der Waals surface area contributed by atoms with Crippen LogP contribution in [0, 0.1) is 0 Å². The van der Waals surface area contributed by atoms with E-state index in [1.165, 1.54) is 18.2 Å². The number of carbonyl (C=O) groups is 1. The summed E-state index contributed by atoms with van der Waals surface area (Å²) in [4.78, 5) is 23.9. The van der Waals surface area contributed by atoms with Crippen LogP contribution in [0.3, 0.4) is 0 Å². The fourth-order valence-electron chi connectivity index (χ4n) is 0.631. The molecule has 1 rings (SSSR count). The summed E-state index contributed by atoms with van der Waals surface area (Å²) in [6.45, 7) is 0. The second-order valence-electron chi connectivity index (χ2n) is 1.85. The van der Waals surface area contributed by atoms with Crippen LogP contribution in [0.15, 0.2) is 23.0 Å². The Bertz CT molecular complexity index is 320. The Balaban J connectivity index is 3.05. The summed E-state index contributed by atoms with van der Waals surface area (Å²) in [5.41, 5.74) is -0.00519. The number of aromatic amines is 1. The minimum atomic E-state index is -0.302. The van der Waals surface area contributed by atoms with Crippen molar-refractivity contribution >= 4 is 28.8 Å². The Morgan fingerprint density at radius 3 is 2.82 bits per heavy atom. The van der Waals surface area contributed by atoms with Gasteiger partial charge in [-0.3, -0.25) is 13.1 Å². The second-order valence-corrected chi connectivity index (χ2v) is 2.39. The summed E-state index contributed by atoms with van der Waals surface area (Å²) in [5, 5.41) is 0. The first kappa shape index (κ1) is 8.25. The fraction of sp³-hybridized carbons (Fsp3) is 0. The van der Waals surface area contributed by atoms with E-state index < -0.39 is 0 Å². The Hall–Kier alpha value is -0.850. The fourth-order valence-corrected chi connectivity index (χ4v) is 0.922. The van der Waals surface area contributed by atoms with Gasteiger partial charge in [-0.05, 0) is 6.07 Å². The van der Waals surface area contributed by atoms with Crippen LogP contribution in [-0.4, -0.2) is 10.9 Å². The average molecular weight is 264 g/mol. The Labute approximate surface area is 76.5 Å². The van der Waals surface area contributed by atoms with Crippen molar-refractivity contribution < 1.29 is 4.79 Å². The molecule has 5 heteroatoms. The van der Waals surface area contributed by atoms with Gasteiger partial charge in [0.1, 0.15) is 5.69 Å². The van der Waals surface area contributed by atoms with Crippen LogP contribution in [0.1, 0.15) is 10.5 Å². The molecule has 0 saturated carbocycles. The van der Waals surface area contributed by atoms with Gasteiger partial charge in [0.15, 0.2) is 0 Å². The molecule has 1 aromatic heterocycles. The molecule has 4 nitrogen and oxygen atoms in total. The van der Waals surface area contributed by atoms with Gasteiger partial charge in [-0.15, -0.1) is 0 Å². The van der Waals surface area contributed by atoms with Crippen molar-refractivity contribution in [1.82, 2.24) is 8.51 Å². The standard InChI is InChI=1S/C6H5IN2O2/c7-9-6(11)4-2-1-3-5(10)8-4/h1-3H,(H,8,10)(H,9,11).